The van der Waals surface area contributed by atoms with E-state index in [2.05, 4.69) is 15.0 Å². The van der Waals surface area contributed by atoms with E-state index in [-0.39, 0.29) is 0 Å². The maximum atomic E-state index is 13.2. The number of ether oxygens (including phenoxy) is 1. The molecule has 0 aliphatic heterocycles. The molecule has 4 nitrogen and oxygen atoms in total. The Bertz CT molecular complexity index is 538. The van der Waals surface area contributed by atoms with Gasteiger partial charge in [-0.15, -0.1) is 0 Å². The second-order valence-corrected chi connectivity index (χ2v) is 3.75. The maximum Gasteiger partial charge on any atom is 0.339 e. The van der Waals surface area contributed by atoms with E-state index in [1.807, 2.05) is 12.3 Å². The van der Waals surface area contributed by atoms with Gasteiger partial charge in [-0.3, -0.25) is 0 Å². The molecule has 5 heteroatoms. The quantitative estimate of drug-likeness (QED) is 0.817. The molecule has 0 unspecified atom stereocenters. The van der Waals surface area contributed by atoms with Crippen LogP contribution in [0.15, 0.2) is 36.7 Å². The van der Waals surface area contributed by atoms with Crippen LogP contribution in [-0.4, -0.2) is 18.1 Å². The van der Waals surface area contributed by atoms with Crippen LogP contribution in [-0.2, 0) is 11.3 Å². The SMILES string of the molecule is COC(=O)c1ccc(F)cc1NCc1cc[nH]c1. The van der Waals surface area contributed by atoms with E-state index in [9.17, 15) is 9.18 Å². The van der Waals surface area contributed by atoms with Gasteiger partial charge in [0.05, 0.1) is 18.4 Å². The third-order valence-electron chi connectivity index (χ3n) is 2.53. The fraction of sp³-hybridized carbons (Fsp3) is 0.154. The van der Waals surface area contributed by atoms with Crippen LogP contribution < -0.4 is 5.32 Å². The van der Waals surface area contributed by atoms with E-state index in [1.165, 1.54) is 25.3 Å². The molecule has 0 amide bonds. The number of anilines is 1. The number of hydrogen-bond acceptors (Lipinski definition) is 3. The Labute approximate surface area is 104 Å². The van der Waals surface area contributed by atoms with Crippen LogP contribution in [0.3, 0.4) is 0 Å². The molecule has 0 saturated carbocycles. The number of rotatable bonds is 4. The number of carbonyl (C=O) groups is 1. The second kappa shape index (κ2) is 5.35. The van der Waals surface area contributed by atoms with Crippen LogP contribution in [0, 0.1) is 5.82 Å². The van der Waals surface area contributed by atoms with Gasteiger partial charge in [0, 0.05) is 18.9 Å². The van der Waals surface area contributed by atoms with Crippen molar-refractivity contribution in [2.75, 3.05) is 12.4 Å². The van der Waals surface area contributed by atoms with Crippen molar-refractivity contribution in [1.82, 2.24) is 4.98 Å². The molecule has 0 spiro atoms. The molecule has 94 valence electrons. The molecule has 0 radical (unpaired) electrons. The van der Waals surface area contributed by atoms with E-state index in [4.69, 9.17) is 0 Å². The highest BCUT2D eigenvalue weighted by Crippen LogP contribution is 2.19. The number of aromatic amines is 1. The number of nitrogens with one attached hydrogen (secondary N) is 2. The lowest BCUT2D eigenvalue weighted by atomic mass is 10.1. The molecule has 2 rings (SSSR count). The van der Waals surface area contributed by atoms with E-state index in [0.717, 1.165) is 5.56 Å². The van der Waals surface area contributed by atoms with Crippen LogP contribution in [0.2, 0.25) is 0 Å². The Kier molecular flexibility index (Phi) is 3.62. The average Bonchev–Trinajstić information content (AvgIpc) is 2.88. The van der Waals surface area contributed by atoms with Crippen LogP contribution in [0.4, 0.5) is 10.1 Å². The number of methoxy groups -OCH3 is 1. The van der Waals surface area contributed by atoms with Gasteiger partial charge in [-0.2, -0.15) is 0 Å². The van der Waals surface area contributed by atoms with Crippen molar-refractivity contribution in [3.63, 3.8) is 0 Å². The normalized spacial score (nSPS) is 10.1. The van der Waals surface area contributed by atoms with Gasteiger partial charge in [-0.25, -0.2) is 9.18 Å². The van der Waals surface area contributed by atoms with E-state index < -0.39 is 11.8 Å². The number of aromatic nitrogens is 1. The van der Waals surface area contributed by atoms with Crippen molar-refractivity contribution < 1.29 is 13.9 Å². The Morgan fingerprint density at radius 2 is 2.28 bits per heavy atom. The lowest BCUT2D eigenvalue weighted by Gasteiger charge is -2.10. The lowest BCUT2D eigenvalue weighted by Crippen LogP contribution is -2.08. The Balaban J connectivity index is 2.19. The van der Waals surface area contributed by atoms with Crippen molar-refractivity contribution in [2.45, 2.75) is 6.54 Å². The lowest BCUT2D eigenvalue weighted by molar-refractivity contribution is 0.0602. The number of benzene rings is 1. The topological polar surface area (TPSA) is 54.1 Å². The van der Waals surface area contributed by atoms with Crippen molar-refractivity contribution in [1.29, 1.82) is 0 Å². The van der Waals surface area contributed by atoms with Gasteiger partial charge in [0.2, 0.25) is 0 Å². The standard InChI is InChI=1S/C13H13FN2O2/c1-18-13(17)11-3-2-10(14)6-12(11)16-8-9-4-5-15-7-9/h2-7,15-16H,8H2,1H3. The third kappa shape index (κ3) is 2.68. The molecule has 0 bridgehead atoms. The van der Waals surface area contributed by atoms with Gasteiger partial charge in [0.1, 0.15) is 5.82 Å². The monoisotopic (exact) mass is 248 g/mol. The fourth-order valence-corrected chi connectivity index (χ4v) is 1.62. The summed E-state index contributed by atoms with van der Waals surface area (Å²) in [7, 11) is 1.29. The number of carbonyl (C=O) groups excluding carboxylic acids is 1. The Hall–Kier alpha value is -2.30. The minimum atomic E-state index is -0.494. The first-order valence-electron chi connectivity index (χ1n) is 5.44. The zero-order chi connectivity index (χ0) is 13.0. The highest BCUT2D eigenvalue weighted by Gasteiger charge is 2.12. The molecular formula is C13H13FN2O2. The molecule has 0 saturated heterocycles. The molecule has 0 atom stereocenters. The van der Waals surface area contributed by atoms with E-state index in [1.54, 1.807) is 6.20 Å². The predicted octanol–water partition coefficient (Wildman–Crippen LogP) is 2.55. The van der Waals surface area contributed by atoms with Gasteiger partial charge < -0.3 is 15.0 Å². The number of halogens is 1. The summed E-state index contributed by atoms with van der Waals surface area (Å²) in [5, 5.41) is 3.01. The van der Waals surface area contributed by atoms with Crippen LogP contribution in [0.25, 0.3) is 0 Å². The molecule has 0 aliphatic rings. The largest absolute Gasteiger partial charge is 0.465 e. The van der Waals surface area contributed by atoms with Gasteiger partial charge in [-0.05, 0) is 29.8 Å². The fourth-order valence-electron chi connectivity index (χ4n) is 1.62. The molecule has 18 heavy (non-hydrogen) atoms. The summed E-state index contributed by atoms with van der Waals surface area (Å²) in [4.78, 5) is 14.4. The molecule has 1 heterocycles. The zero-order valence-electron chi connectivity index (χ0n) is 9.87. The molecule has 2 N–H and O–H groups in total. The molecule has 1 aromatic heterocycles. The van der Waals surface area contributed by atoms with Crippen LogP contribution in [0.1, 0.15) is 15.9 Å². The average molecular weight is 248 g/mol. The second-order valence-electron chi connectivity index (χ2n) is 3.75. The van der Waals surface area contributed by atoms with E-state index >= 15 is 0 Å². The number of H-pyrrole nitrogens is 1. The summed E-state index contributed by atoms with van der Waals surface area (Å²) in [6.45, 7) is 0.497. The molecule has 2 aromatic rings. The number of hydrogen-bond donors (Lipinski definition) is 2. The van der Waals surface area contributed by atoms with Crippen molar-refractivity contribution >= 4 is 11.7 Å². The van der Waals surface area contributed by atoms with E-state index in [0.29, 0.717) is 17.8 Å². The summed E-state index contributed by atoms with van der Waals surface area (Å²) in [6, 6.07) is 5.80. The maximum absolute atomic E-state index is 13.2. The minimum Gasteiger partial charge on any atom is -0.465 e. The first-order valence-corrected chi connectivity index (χ1v) is 5.44. The van der Waals surface area contributed by atoms with Crippen LogP contribution in [0.5, 0.6) is 0 Å². The third-order valence-corrected chi connectivity index (χ3v) is 2.53. The summed E-state index contributed by atoms with van der Waals surface area (Å²) in [6.07, 6.45) is 3.62. The van der Waals surface area contributed by atoms with Gasteiger partial charge in [0.15, 0.2) is 0 Å². The van der Waals surface area contributed by atoms with Gasteiger partial charge in [0.25, 0.3) is 0 Å². The van der Waals surface area contributed by atoms with Crippen molar-refractivity contribution in [3.05, 3.63) is 53.6 Å². The zero-order valence-corrected chi connectivity index (χ0v) is 9.87. The molecule has 0 fully saturated rings. The highest BCUT2D eigenvalue weighted by atomic mass is 19.1. The summed E-state index contributed by atoms with van der Waals surface area (Å²) < 4.78 is 17.8. The summed E-state index contributed by atoms with van der Waals surface area (Å²) in [5.74, 6) is -0.897. The Morgan fingerprint density at radius 1 is 1.44 bits per heavy atom. The van der Waals surface area contributed by atoms with Gasteiger partial charge in [-0.1, -0.05) is 0 Å². The summed E-state index contributed by atoms with van der Waals surface area (Å²) >= 11 is 0. The first kappa shape index (κ1) is 12.2. The van der Waals surface area contributed by atoms with Crippen molar-refractivity contribution in [2.24, 2.45) is 0 Å². The highest BCUT2D eigenvalue weighted by molar-refractivity contribution is 5.95. The van der Waals surface area contributed by atoms with Gasteiger partial charge >= 0.3 is 5.97 Å². The minimum absolute atomic E-state index is 0.314. The molecule has 1 aromatic carbocycles. The summed E-state index contributed by atoms with van der Waals surface area (Å²) in [5.41, 5.74) is 1.74. The predicted molar refractivity (Wildman–Crippen MR) is 65.9 cm³/mol. The Morgan fingerprint density at radius 3 is 2.94 bits per heavy atom. The van der Waals surface area contributed by atoms with Crippen LogP contribution >= 0.6 is 0 Å². The molecule has 0 aliphatic carbocycles. The molecular weight excluding hydrogens is 235 g/mol. The number of esters is 1. The van der Waals surface area contributed by atoms with Crippen molar-refractivity contribution in [3.8, 4) is 0 Å². The smallest absolute Gasteiger partial charge is 0.339 e. The first-order chi connectivity index (χ1) is 8.70.